The summed E-state index contributed by atoms with van der Waals surface area (Å²) < 4.78 is 0. The van der Waals surface area contributed by atoms with E-state index in [1.165, 1.54) is 4.90 Å². The molecule has 0 radical (unpaired) electrons. The maximum Gasteiger partial charge on any atom is 0.325 e. The van der Waals surface area contributed by atoms with Crippen molar-refractivity contribution in [1.29, 1.82) is 0 Å². The third kappa shape index (κ3) is 4.17. The fourth-order valence-corrected chi connectivity index (χ4v) is 4.67. The van der Waals surface area contributed by atoms with E-state index < -0.39 is 5.54 Å². The summed E-state index contributed by atoms with van der Waals surface area (Å²) in [5.74, 6) is -0.186. The van der Waals surface area contributed by atoms with Crippen LogP contribution in [0.2, 0.25) is 0 Å². The van der Waals surface area contributed by atoms with Crippen molar-refractivity contribution in [3.05, 3.63) is 66.0 Å². The summed E-state index contributed by atoms with van der Waals surface area (Å²) >= 11 is 0. The second-order valence-corrected chi connectivity index (χ2v) is 8.35. The van der Waals surface area contributed by atoms with Crippen molar-refractivity contribution >= 4 is 17.8 Å². The first kappa shape index (κ1) is 21.0. The summed E-state index contributed by atoms with van der Waals surface area (Å²) in [6.07, 6.45) is 5.73. The smallest absolute Gasteiger partial charge is 0.325 e. The minimum absolute atomic E-state index is 0.0536. The van der Waals surface area contributed by atoms with Gasteiger partial charge in [0, 0.05) is 26.2 Å². The van der Waals surface area contributed by atoms with E-state index in [4.69, 9.17) is 0 Å². The number of imide groups is 1. The molecule has 162 valence electrons. The van der Waals surface area contributed by atoms with Crippen molar-refractivity contribution in [3.8, 4) is 0 Å². The van der Waals surface area contributed by atoms with Crippen LogP contribution >= 0.6 is 0 Å². The van der Waals surface area contributed by atoms with E-state index in [-0.39, 0.29) is 36.9 Å². The van der Waals surface area contributed by atoms with Gasteiger partial charge in [0.05, 0.1) is 11.7 Å². The van der Waals surface area contributed by atoms with Crippen molar-refractivity contribution in [3.63, 3.8) is 0 Å². The highest BCUT2D eigenvalue weighted by Gasteiger charge is 2.52. The van der Waals surface area contributed by atoms with E-state index in [9.17, 15) is 14.4 Å². The average Bonchev–Trinajstić information content (AvgIpc) is 3.35. The minimum atomic E-state index is -0.699. The molecular formula is C24H28N4O3. The van der Waals surface area contributed by atoms with Crippen LogP contribution in [0.5, 0.6) is 0 Å². The maximum atomic E-state index is 13.0. The molecule has 1 aromatic carbocycles. The molecule has 1 spiro atoms. The molecule has 31 heavy (non-hydrogen) atoms. The third-order valence-corrected chi connectivity index (χ3v) is 6.34. The van der Waals surface area contributed by atoms with E-state index in [1.807, 2.05) is 48.5 Å². The van der Waals surface area contributed by atoms with E-state index in [0.29, 0.717) is 19.3 Å². The molecule has 1 N–H and O–H groups in total. The number of rotatable bonds is 7. The van der Waals surface area contributed by atoms with E-state index in [0.717, 1.165) is 24.1 Å². The fraction of sp³-hybridized carbons (Fsp3) is 0.417. The minimum Gasteiger partial charge on any atom is -0.333 e. The number of nitrogens with zero attached hydrogens (tertiary/aromatic N) is 3. The molecule has 1 aliphatic carbocycles. The highest BCUT2D eigenvalue weighted by atomic mass is 16.2. The second kappa shape index (κ2) is 8.88. The van der Waals surface area contributed by atoms with Gasteiger partial charge in [0.1, 0.15) is 5.54 Å². The van der Waals surface area contributed by atoms with Gasteiger partial charge in [-0.2, -0.15) is 0 Å². The molecule has 2 aromatic rings. The molecule has 1 saturated carbocycles. The predicted molar refractivity (Wildman–Crippen MR) is 116 cm³/mol. The van der Waals surface area contributed by atoms with Crippen LogP contribution < -0.4 is 5.32 Å². The molecule has 1 aliphatic heterocycles. The summed E-state index contributed by atoms with van der Waals surface area (Å²) in [4.78, 5) is 45.5. The van der Waals surface area contributed by atoms with Crippen LogP contribution in [0.4, 0.5) is 4.79 Å². The van der Waals surface area contributed by atoms with Gasteiger partial charge in [-0.1, -0.05) is 49.2 Å². The number of pyridine rings is 1. The van der Waals surface area contributed by atoms with Crippen molar-refractivity contribution in [2.24, 2.45) is 0 Å². The molecule has 4 amide bonds. The van der Waals surface area contributed by atoms with Gasteiger partial charge < -0.3 is 10.2 Å². The molecule has 2 aliphatic rings. The van der Waals surface area contributed by atoms with Gasteiger partial charge in [0.2, 0.25) is 5.91 Å². The van der Waals surface area contributed by atoms with Crippen LogP contribution in [-0.4, -0.2) is 51.8 Å². The van der Waals surface area contributed by atoms with Crippen LogP contribution in [-0.2, 0) is 9.59 Å². The number of carbonyl (C=O) groups excluding carboxylic acids is 3. The first-order chi connectivity index (χ1) is 15.0. The molecule has 4 rings (SSSR count). The Labute approximate surface area is 182 Å². The monoisotopic (exact) mass is 420 g/mol. The van der Waals surface area contributed by atoms with Crippen molar-refractivity contribution in [2.45, 2.75) is 50.1 Å². The summed E-state index contributed by atoms with van der Waals surface area (Å²) in [6, 6.07) is 14.8. The van der Waals surface area contributed by atoms with Gasteiger partial charge in [-0.3, -0.25) is 19.5 Å². The van der Waals surface area contributed by atoms with Crippen molar-refractivity contribution < 1.29 is 14.4 Å². The highest BCUT2D eigenvalue weighted by molar-refractivity contribution is 6.07. The first-order valence-electron chi connectivity index (χ1n) is 10.9. The van der Waals surface area contributed by atoms with E-state index in [2.05, 4.69) is 10.3 Å². The van der Waals surface area contributed by atoms with Crippen molar-refractivity contribution in [1.82, 2.24) is 20.1 Å². The van der Waals surface area contributed by atoms with Crippen LogP contribution in [0.1, 0.15) is 55.8 Å². The Balaban J connectivity index is 1.40. The Morgan fingerprint density at radius 3 is 2.52 bits per heavy atom. The Bertz CT molecular complexity index is 902. The SMILES string of the molecule is CN(C(=O)CCCN1C(=O)NC2(CCCC2)C1=O)C(c1ccccc1)c1ccccn1. The van der Waals surface area contributed by atoms with Crippen LogP contribution in [0.25, 0.3) is 0 Å². The summed E-state index contributed by atoms with van der Waals surface area (Å²) in [5.41, 5.74) is 1.08. The largest absolute Gasteiger partial charge is 0.333 e. The molecule has 7 heteroatoms. The molecule has 1 saturated heterocycles. The Kier molecular flexibility index (Phi) is 6.02. The topological polar surface area (TPSA) is 82.6 Å². The Hall–Kier alpha value is -3.22. The number of urea groups is 1. The number of hydrogen-bond donors (Lipinski definition) is 1. The van der Waals surface area contributed by atoms with Crippen LogP contribution in [0.3, 0.4) is 0 Å². The van der Waals surface area contributed by atoms with Gasteiger partial charge in [-0.15, -0.1) is 0 Å². The molecule has 2 heterocycles. The van der Waals surface area contributed by atoms with Gasteiger partial charge in [0.15, 0.2) is 0 Å². The lowest BCUT2D eigenvalue weighted by molar-refractivity contribution is -0.133. The fourth-order valence-electron chi connectivity index (χ4n) is 4.67. The van der Waals surface area contributed by atoms with Crippen LogP contribution in [0, 0.1) is 0 Å². The maximum absolute atomic E-state index is 13.0. The summed E-state index contributed by atoms with van der Waals surface area (Å²) in [7, 11) is 1.77. The number of nitrogens with one attached hydrogen (secondary N) is 1. The number of amides is 4. The molecule has 7 nitrogen and oxygen atoms in total. The number of benzene rings is 1. The number of aromatic nitrogens is 1. The summed E-state index contributed by atoms with van der Waals surface area (Å²) in [5, 5.41) is 2.89. The molecule has 1 atom stereocenters. The van der Waals surface area contributed by atoms with Crippen LogP contribution in [0.15, 0.2) is 54.7 Å². The zero-order chi connectivity index (χ0) is 21.8. The zero-order valence-corrected chi connectivity index (χ0v) is 17.8. The molecule has 1 aromatic heterocycles. The number of carbonyl (C=O) groups is 3. The Morgan fingerprint density at radius 1 is 1.13 bits per heavy atom. The normalized spacial score (nSPS) is 18.3. The van der Waals surface area contributed by atoms with Crippen molar-refractivity contribution in [2.75, 3.05) is 13.6 Å². The molecular weight excluding hydrogens is 392 g/mol. The van der Waals surface area contributed by atoms with Gasteiger partial charge in [-0.25, -0.2) is 4.79 Å². The van der Waals surface area contributed by atoms with Gasteiger partial charge in [-0.05, 0) is 37.0 Å². The van der Waals surface area contributed by atoms with Gasteiger partial charge in [0.25, 0.3) is 5.91 Å². The molecule has 2 fully saturated rings. The molecule has 0 bridgehead atoms. The second-order valence-electron chi connectivity index (χ2n) is 8.35. The number of hydrogen-bond acceptors (Lipinski definition) is 4. The lowest BCUT2D eigenvalue weighted by Gasteiger charge is -2.28. The van der Waals surface area contributed by atoms with E-state index >= 15 is 0 Å². The lowest BCUT2D eigenvalue weighted by Crippen LogP contribution is -2.44. The third-order valence-electron chi connectivity index (χ3n) is 6.34. The summed E-state index contributed by atoms with van der Waals surface area (Å²) in [6.45, 7) is 0.256. The Morgan fingerprint density at radius 2 is 1.84 bits per heavy atom. The quantitative estimate of drug-likeness (QED) is 0.697. The lowest BCUT2D eigenvalue weighted by atomic mass is 9.98. The predicted octanol–water partition coefficient (Wildman–Crippen LogP) is 3.27. The zero-order valence-electron chi connectivity index (χ0n) is 17.8. The molecule has 1 unspecified atom stereocenters. The average molecular weight is 421 g/mol. The standard InChI is InChI=1S/C24H28N4O3/c1-27(21(18-10-3-2-4-11-18)19-12-5-8-16-25-19)20(29)13-9-17-28-22(30)24(26-23(28)31)14-6-7-15-24/h2-5,8,10-12,16,21H,6-7,9,13-15,17H2,1H3,(H,26,31). The highest BCUT2D eigenvalue weighted by Crippen LogP contribution is 2.35. The van der Waals surface area contributed by atoms with E-state index in [1.54, 1.807) is 18.1 Å². The van der Waals surface area contributed by atoms with Gasteiger partial charge >= 0.3 is 6.03 Å². The first-order valence-corrected chi connectivity index (χ1v) is 10.9.